The van der Waals surface area contributed by atoms with Crippen LogP contribution in [0, 0.1) is 16.2 Å². The predicted molar refractivity (Wildman–Crippen MR) is 54.0 cm³/mol. The molecule has 0 N–H and O–H groups in total. The highest BCUT2D eigenvalue weighted by atomic mass is 16.7. The van der Waals surface area contributed by atoms with Crippen LogP contribution in [0.4, 0.5) is 0 Å². The molecule has 3 aliphatic rings. The second-order valence-electron chi connectivity index (χ2n) is 6.60. The van der Waals surface area contributed by atoms with Gasteiger partial charge in [0.15, 0.2) is 0 Å². The summed E-state index contributed by atoms with van der Waals surface area (Å²) in [5.74, 6) is -0.0596. The van der Waals surface area contributed by atoms with E-state index in [1.165, 1.54) is 0 Å². The molecule has 1 saturated carbocycles. The summed E-state index contributed by atoms with van der Waals surface area (Å²) >= 11 is 0. The molecule has 2 saturated heterocycles. The van der Waals surface area contributed by atoms with Crippen molar-refractivity contribution in [2.75, 3.05) is 6.61 Å². The van der Waals surface area contributed by atoms with E-state index in [2.05, 4.69) is 13.8 Å². The first-order valence-corrected chi connectivity index (χ1v) is 5.68. The van der Waals surface area contributed by atoms with Crippen LogP contribution in [0.5, 0.6) is 0 Å². The fourth-order valence-corrected chi connectivity index (χ4v) is 4.30. The lowest BCUT2D eigenvalue weighted by molar-refractivity contribution is -0.306. The van der Waals surface area contributed by atoms with Crippen LogP contribution >= 0.6 is 0 Å². The molecule has 0 radical (unpaired) electrons. The number of ether oxygens (including phenoxy) is 2. The summed E-state index contributed by atoms with van der Waals surface area (Å²) in [5.41, 5.74) is -0.0758. The van der Waals surface area contributed by atoms with Crippen molar-refractivity contribution in [2.45, 2.75) is 46.3 Å². The van der Waals surface area contributed by atoms with Gasteiger partial charge in [-0.05, 0) is 31.6 Å². The van der Waals surface area contributed by atoms with Crippen molar-refractivity contribution in [3.05, 3.63) is 0 Å². The highest BCUT2D eigenvalue weighted by Crippen LogP contribution is 2.62. The van der Waals surface area contributed by atoms with Gasteiger partial charge in [0.1, 0.15) is 0 Å². The van der Waals surface area contributed by atoms with E-state index in [1.807, 2.05) is 6.92 Å². The second-order valence-corrected chi connectivity index (χ2v) is 6.60. The van der Waals surface area contributed by atoms with Gasteiger partial charge < -0.3 is 9.47 Å². The number of carbonyl (C=O) groups excluding carboxylic acids is 1. The summed E-state index contributed by atoms with van der Waals surface area (Å²) in [4.78, 5) is 11.9. The SMILES string of the molecule is C[C@]12CO[C@H]3OC(=O)[C@@](C)(C1)C[C@]3(C)C2. The predicted octanol–water partition coefficient (Wildman–Crippen LogP) is 2.10. The van der Waals surface area contributed by atoms with Crippen molar-refractivity contribution in [2.24, 2.45) is 16.2 Å². The number of fused-ring (bicyclic) bond motifs is 2. The molecule has 3 heteroatoms. The molecule has 84 valence electrons. The summed E-state index contributed by atoms with van der Waals surface area (Å²) in [6.45, 7) is 7.21. The smallest absolute Gasteiger partial charge is 0.314 e. The Morgan fingerprint density at radius 1 is 1.20 bits per heavy atom. The minimum atomic E-state index is -0.300. The molecule has 1 aliphatic carbocycles. The van der Waals surface area contributed by atoms with E-state index in [4.69, 9.17) is 9.47 Å². The number of esters is 1. The zero-order chi connectivity index (χ0) is 10.9. The highest BCUT2D eigenvalue weighted by molar-refractivity contribution is 5.78. The maximum atomic E-state index is 11.9. The average Bonchev–Trinajstić information content (AvgIpc) is 2.05. The second kappa shape index (κ2) is 2.40. The van der Waals surface area contributed by atoms with Crippen molar-refractivity contribution in [3.63, 3.8) is 0 Å². The van der Waals surface area contributed by atoms with Crippen LogP contribution in [0.25, 0.3) is 0 Å². The van der Waals surface area contributed by atoms with E-state index in [1.54, 1.807) is 0 Å². The van der Waals surface area contributed by atoms with Crippen molar-refractivity contribution < 1.29 is 14.3 Å². The normalized spacial score (nSPS) is 57.8. The van der Waals surface area contributed by atoms with E-state index >= 15 is 0 Å². The third kappa shape index (κ3) is 1.13. The van der Waals surface area contributed by atoms with Crippen LogP contribution in [0.2, 0.25) is 0 Å². The highest BCUT2D eigenvalue weighted by Gasteiger charge is 2.63. The Labute approximate surface area is 90.1 Å². The minimum absolute atomic E-state index is 0.0356. The van der Waals surface area contributed by atoms with Crippen LogP contribution in [0.15, 0.2) is 0 Å². The molecule has 3 rings (SSSR count). The summed E-state index contributed by atoms with van der Waals surface area (Å²) in [6.07, 6.45) is 2.64. The molecule has 0 aromatic rings. The van der Waals surface area contributed by atoms with E-state index in [9.17, 15) is 4.79 Å². The summed E-state index contributed by atoms with van der Waals surface area (Å²) in [6, 6.07) is 0. The molecule has 2 aliphatic heterocycles. The van der Waals surface area contributed by atoms with E-state index in [0.29, 0.717) is 0 Å². The molecule has 0 unspecified atom stereocenters. The molecule has 3 bridgehead atoms. The average molecular weight is 210 g/mol. The van der Waals surface area contributed by atoms with Gasteiger partial charge in [0.25, 0.3) is 0 Å². The lowest BCUT2D eigenvalue weighted by atomic mass is 9.52. The molecule has 3 fully saturated rings. The molecule has 4 atom stereocenters. The van der Waals surface area contributed by atoms with Gasteiger partial charge in [-0.15, -0.1) is 0 Å². The van der Waals surface area contributed by atoms with Gasteiger partial charge in [0.2, 0.25) is 6.29 Å². The largest absolute Gasteiger partial charge is 0.435 e. The zero-order valence-electron chi connectivity index (χ0n) is 9.63. The van der Waals surface area contributed by atoms with Crippen LogP contribution in [-0.4, -0.2) is 18.9 Å². The maximum Gasteiger partial charge on any atom is 0.314 e. The van der Waals surface area contributed by atoms with Gasteiger partial charge in [-0.3, -0.25) is 4.79 Å². The van der Waals surface area contributed by atoms with Crippen molar-refractivity contribution in [3.8, 4) is 0 Å². The number of hydrogen-bond donors (Lipinski definition) is 0. The van der Waals surface area contributed by atoms with Crippen molar-refractivity contribution in [1.29, 1.82) is 0 Å². The van der Waals surface area contributed by atoms with E-state index in [0.717, 1.165) is 25.9 Å². The number of rotatable bonds is 0. The molecule has 3 nitrogen and oxygen atoms in total. The Morgan fingerprint density at radius 3 is 2.67 bits per heavy atom. The quantitative estimate of drug-likeness (QED) is 0.574. The Hall–Kier alpha value is -0.570. The third-order valence-electron chi connectivity index (χ3n) is 4.30. The maximum absolute atomic E-state index is 11.9. The van der Waals surface area contributed by atoms with Gasteiger partial charge in [-0.2, -0.15) is 0 Å². The fourth-order valence-electron chi connectivity index (χ4n) is 4.30. The first-order valence-electron chi connectivity index (χ1n) is 5.68. The molecule has 0 amide bonds. The van der Waals surface area contributed by atoms with E-state index < -0.39 is 0 Å². The molecule has 2 heterocycles. The summed E-state index contributed by atoms with van der Waals surface area (Å²) < 4.78 is 11.1. The third-order valence-corrected chi connectivity index (χ3v) is 4.30. The van der Waals surface area contributed by atoms with Gasteiger partial charge in [-0.25, -0.2) is 0 Å². The molecule has 0 aromatic heterocycles. The monoisotopic (exact) mass is 210 g/mol. The Kier molecular flexibility index (Phi) is 1.54. The van der Waals surface area contributed by atoms with Crippen LogP contribution in [0.3, 0.4) is 0 Å². The van der Waals surface area contributed by atoms with Crippen molar-refractivity contribution >= 4 is 5.97 Å². The van der Waals surface area contributed by atoms with Gasteiger partial charge in [-0.1, -0.05) is 13.8 Å². The molecular weight excluding hydrogens is 192 g/mol. The topological polar surface area (TPSA) is 35.5 Å². The molecule has 15 heavy (non-hydrogen) atoms. The summed E-state index contributed by atoms with van der Waals surface area (Å²) in [7, 11) is 0. The Bertz CT molecular complexity index is 336. The zero-order valence-corrected chi connectivity index (χ0v) is 9.63. The molecule has 0 aromatic carbocycles. The standard InChI is InChI=1S/C12H18O3/c1-10-4-11(2)6-12(3,5-10)9(14-7-10)15-8(11)13/h9H,4-7H2,1-3H3/t9-,10-,11-,12-/m0/s1. The number of hydrogen-bond acceptors (Lipinski definition) is 3. The Morgan fingerprint density at radius 2 is 1.93 bits per heavy atom. The van der Waals surface area contributed by atoms with Crippen molar-refractivity contribution in [1.82, 2.24) is 0 Å². The van der Waals surface area contributed by atoms with Crippen LogP contribution in [-0.2, 0) is 14.3 Å². The fraction of sp³-hybridized carbons (Fsp3) is 0.917. The number of carbonyl (C=O) groups is 1. The first-order chi connectivity index (χ1) is 6.85. The van der Waals surface area contributed by atoms with Gasteiger partial charge in [0.05, 0.1) is 12.0 Å². The Balaban J connectivity index is 2.08. The van der Waals surface area contributed by atoms with Crippen LogP contribution < -0.4 is 0 Å². The van der Waals surface area contributed by atoms with Crippen LogP contribution in [0.1, 0.15) is 40.0 Å². The van der Waals surface area contributed by atoms with Gasteiger partial charge in [0, 0.05) is 5.41 Å². The van der Waals surface area contributed by atoms with E-state index in [-0.39, 0.29) is 28.5 Å². The summed E-state index contributed by atoms with van der Waals surface area (Å²) in [5, 5.41) is 0. The molecule has 0 spiro atoms. The lowest BCUT2D eigenvalue weighted by Crippen LogP contribution is -2.62. The minimum Gasteiger partial charge on any atom is -0.435 e. The van der Waals surface area contributed by atoms with Gasteiger partial charge >= 0.3 is 5.97 Å². The first kappa shape index (κ1) is 9.64. The lowest BCUT2D eigenvalue weighted by Gasteiger charge is -2.60. The molecular formula is C12H18O3.